The summed E-state index contributed by atoms with van der Waals surface area (Å²) in [7, 11) is 0. The number of para-hydroxylation sites is 1. The summed E-state index contributed by atoms with van der Waals surface area (Å²) in [6, 6.07) is 7.97. The number of rotatable bonds is 3. The summed E-state index contributed by atoms with van der Waals surface area (Å²) in [5, 5.41) is 10.2. The van der Waals surface area contributed by atoms with Crippen LogP contribution in [0.1, 0.15) is 31.2 Å². The molecule has 1 aliphatic rings. The number of ether oxygens (including phenoxy) is 1. The molecule has 1 heterocycles. The van der Waals surface area contributed by atoms with E-state index in [1.165, 1.54) is 0 Å². The zero-order valence-electron chi connectivity index (χ0n) is 9.65. The molecule has 1 N–H and O–H groups in total. The highest BCUT2D eigenvalue weighted by Gasteiger charge is 2.27. The monoisotopic (exact) mass is 218 g/mol. The van der Waals surface area contributed by atoms with Crippen molar-refractivity contribution >= 4 is 0 Å². The van der Waals surface area contributed by atoms with E-state index >= 15 is 0 Å². The van der Waals surface area contributed by atoms with E-state index in [4.69, 9.17) is 4.74 Å². The Labute approximate surface area is 96.6 Å². The van der Waals surface area contributed by atoms with Crippen molar-refractivity contribution in [1.82, 2.24) is 0 Å². The first kappa shape index (κ1) is 11.2. The van der Waals surface area contributed by atoms with E-state index in [2.05, 4.69) is 6.58 Å². The topological polar surface area (TPSA) is 29.5 Å². The predicted molar refractivity (Wildman–Crippen MR) is 64.7 cm³/mol. The lowest BCUT2D eigenvalue weighted by molar-refractivity contribution is 0.116. The molecule has 1 aromatic rings. The number of hydrogen-bond acceptors (Lipinski definition) is 2. The van der Waals surface area contributed by atoms with E-state index in [9.17, 15) is 5.11 Å². The number of aliphatic hydroxyl groups is 1. The highest BCUT2D eigenvalue weighted by Crippen LogP contribution is 2.36. The van der Waals surface area contributed by atoms with Crippen LogP contribution in [0.5, 0.6) is 5.75 Å². The van der Waals surface area contributed by atoms with Crippen molar-refractivity contribution in [2.45, 2.75) is 31.8 Å². The molecule has 0 saturated carbocycles. The maximum absolute atomic E-state index is 10.2. The van der Waals surface area contributed by atoms with E-state index < -0.39 is 0 Å². The molecule has 2 heteroatoms. The van der Waals surface area contributed by atoms with Crippen LogP contribution in [-0.4, -0.2) is 17.8 Å². The van der Waals surface area contributed by atoms with Crippen molar-refractivity contribution in [3.63, 3.8) is 0 Å². The van der Waals surface area contributed by atoms with E-state index in [0.29, 0.717) is 13.0 Å². The van der Waals surface area contributed by atoms with Crippen molar-refractivity contribution in [2.75, 3.05) is 6.61 Å². The van der Waals surface area contributed by atoms with Crippen LogP contribution in [0.4, 0.5) is 0 Å². The fourth-order valence-electron chi connectivity index (χ4n) is 2.27. The number of benzene rings is 1. The van der Waals surface area contributed by atoms with E-state index in [-0.39, 0.29) is 12.0 Å². The second-order valence-corrected chi connectivity index (χ2v) is 4.51. The van der Waals surface area contributed by atoms with Crippen LogP contribution < -0.4 is 4.74 Å². The Hall–Kier alpha value is -1.28. The van der Waals surface area contributed by atoms with Gasteiger partial charge in [-0.05, 0) is 31.4 Å². The summed E-state index contributed by atoms with van der Waals surface area (Å²) in [6.45, 7) is 6.50. The standard InChI is InChI=1S/C14H18O2/c1-10(2)9-13(15)11-7-8-16-14-6-4-3-5-12(11)14/h3-6,11,13,15H,1,7-9H2,2H3. The largest absolute Gasteiger partial charge is 0.493 e. The Kier molecular flexibility index (Phi) is 3.30. The summed E-state index contributed by atoms with van der Waals surface area (Å²) < 4.78 is 5.58. The minimum absolute atomic E-state index is 0.182. The highest BCUT2D eigenvalue weighted by molar-refractivity contribution is 5.38. The molecule has 0 bridgehead atoms. The lowest BCUT2D eigenvalue weighted by Gasteiger charge is -2.29. The van der Waals surface area contributed by atoms with Gasteiger partial charge in [-0.1, -0.05) is 23.8 Å². The van der Waals surface area contributed by atoms with Crippen LogP contribution in [0, 0.1) is 0 Å². The van der Waals surface area contributed by atoms with Crippen molar-refractivity contribution in [1.29, 1.82) is 0 Å². The van der Waals surface area contributed by atoms with Crippen molar-refractivity contribution in [3.8, 4) is 5.75 Å². The average Bonchev–Trinajstić information content (AvgIpc) is 2.27. The first-order valence-electron chi connectivity index (χ1n) is 5.72. The Balaban J connectivity index is 2.21. The zero-order chi connectivity index (χ0) is 11.5. The van der Waals surface area contributed by atoms with E-state index in [1.54, 1.807) is 0 Å². The van der Waals surface area contributed by atoms with Crippen molar-refractivity contribution in [2.24, 2.45) is 0 Å². The molecule has 2 rings (SSSR count). The van der Waals surface area contributed by atoms with Gasteiger partial charge < -0.3 is 9.84 Å². The van der Waals surface area contributed by atoms with Crippen LogP contribution in [0.25, 0.3) is 0 Å². The first-order chi connectivity index (χ1) is 7.68. The average molecular weight is 218 g/mol. The lowest BCUT2D eigenvalue weighted by atomic mass is 9.86. The molecule has 1 aromatic carbocycles. The van der Waals surface area contributed by atoms with Gasteiger partial charge in [0, 0.05) is 5.92 Å². The molecule has 86 valence electrons. The summed E-state index contributed by atoms with van der Waals surface area (Å²) >= 11 is 0. The summed E-state index contributed by atoms with van der Waals surface area (Å²) in [6.07, 6.45) is 1.20. The maximum atomic E-state index is 10.2. The second-order valence-electron chi connectivity index (χ2n) is 4.51. The van der Waals surface area contributed by atoms with Crippen molar-refractivity contribution in [3.05, 3.63) is 42.0 Å². The Morgan fingerprint density at radius 3 is 3.06 bits per heavy atom. The number of fused-ring (bicyclic) bond motifs is 1. The van der Waals surface area contributed by atoms with Crippen LogP contribution in [0.3, 0.4) is 0 Å². The third-order valence-electron chi connectivity index (χ3n) is 3.03. The van der Waals surface area contributed by atoms with Gasteiger partial charge in [0.05, 0.1) is 12.7 Å². The van der Waals surface area contributed by atoms with E-state index in [0.717, 1.165) is 23.3 Å². The van der Waals surface area contributed by atoms with Gasteiger partial charge in [-0.25, -0.2) is 0 Å². The molecule has 16 heavy (non-hydrogen) atoms. The highest BCUT2D eigenvalue weighted by atomic mass is 16.5. The number of aliphatic hydroxyl groups excluding tert-OH is 1. The third-order valence-corrected chi connectivity index (χ3v) is 3.03. The zero-order valence-corrected chi connectivity index (χ0v) is 9.65. The summed E-state index contributed by atoms with van der Waals surface area (Å²) in [5.41, 5.74) is 2.15. The van der Waals surface area contributed by atoms with Gasteiger partial charge in [-0.2, -0.15) is 0 Å². The maximum Gasteiger partial charge on any atom is 0.122 e. The molecule has 0 saturated heterocycles. The number of hydrogen-bond donors (Lipinski definition) is 1. The Bertz CT molecular complexity index is 384. The van der Waals surface area contributed by atoms with Crippen LogP contribution in [0.2, 0.25) is 0 Å². The van der Waals surface area contributed by atoms with Gasteiger partial charge in [-0.15, -0.1) is 6.58 Å². The van der Waals surface area contributed by atoms with Gasteiger partial charge in [0.15, 0.2) is 0 Å². The van der Waals surface area contributed by atoms with Crippen LogP contribution in [-0.2, 0) is 0 Å². The molecule has 0 radical (unpaired) electrons. The molecule has 0 spiro atoms. The minimum atomic E-state index is -0.345. The molecule has 0 fully saturated rings. The van der Waals surface area contributed by atoms with Gasteiger partial charge in [-0.3, -0.25) is 0 Å². The van der Waals surface area contributed by atoms with Crippen molar-refractivity contribution < 1.29 is 9.84 Å². The minimum Gasteiger partial charge on any atom is -0.493 e. The summed E-state index contributed by atoms with van der Waals surface area (Å²) in [4.78, 5) is 0. The Morgan fingerprint density at radius 1 is 1.56 bits per heavy atom. The normalized spacial score (nSPS) is 20.8. The van der Waals surface area contributed by atoms with Crippen LogP contribution >= 0.6 is 0 Å². The lowest BCUT2D eigenvalue weighted by Crippen LogP contribution is -2.25. The molecule has 2 nitrogen and oxygen atoms in total. The van der Waals surface area contributed by atoms with Gasteiger partial charge in [0.2, 0.25) is 0 Å². The fraction of sp³-hybridized carbons (Fsp3) is 0.429. The Morgan fingerprint density at radius 2 is 2.31 bits per heavy atom. The smallest absolute Gasteiger partial charge is 0.122 e. The molecular weight excluding hydrogens is 200 g/mol. The first-order valence-corrected chi connectivity index (χ1v) is 5.72. The molecule has 0 aromatic heterocycles. The molecule has 0 aliphatic carbocycles. The SMILES string of the molecule is C=C(C)CC(O)C1CCOc2ccccc21. The third kappa shape index (κ3) is 2.27. The molecule has 2 atom stereocenters. The van der Waals surface area contributed by atoms with Gasteiger partial charge >= 0.3 is 0 Å². The predicted octanol–water partition coefficient (Wildman–Crippen LogP) is 2.88. The van der Waals surface area contributed by atoms with Gasteiger partial charge in [0.1, 0.15) is 5.75 Å². The van der Waals surface area contributed by atoms with E-state index in [1.807, 2.05) is 31.2 Å². The molecule has 2 unspecified atom stereocenters. The molecule has 1 aliphatic heterocycles. The quantitative estimate of drug-likeness (QED) is 0.790. The molecule has 0 amide bonds. The molecular formula is C14H18O2. The van der Waals surface area contributed by atoms with Crippen LogP contribution in [0.15, 0.2) is 36.4 Å². The van der Waals surface area contributed by atoms with Gasteiger partial charge in [0.25, 0.3) is 0 Å². The fourth-order valence-corrected chi connectivity index (χ4v) is 2.27. The second kappa shape index (κ2) is 4.71. The summed E-state index contributed by atoms with van der Waals surface area (Å²) in [5.74, 6) is 1.10.